The van der Waals surface area contributed by atoms with Crippen molar-refractivity contribution in [2.75, 3.05) is 0 Å². The van der Waals surface area contributed by atoms with Gasteiger partial charge in [-0.3, -0.25) is 0 Å². The summed E-state index contributed by atoms with van der Waals surface area (Å²) in [6.07, 6.45) is 11.4. The highest BCUT2D eigenvalue weighted by atomic mass is 35.5. The second kappa shape index (κ2) is 9.34. The van der Waals surface area contributed by atoms with E-state index in [-0.39, 0.29) is 5.56 Å². The lowest BCUT2D eigenvalue weighted by Crippen LogP contribution is -2.13. The molecule has 0 heterocycles. The van der Waals surface area contributed by atoms with E-state index in [1.54, 1.807) is 12.1 Å². The lowest BCUT2D eigenvalue weighted by Gasteiger charge is -2.28. The van der Waals surface area contributed by atoms with Crippen LogP contribution in [0.3, 0.4) is 0 Å². The highest BCUT2D eigenvalue weighted by molar-refractivity contribution is 6.21. The molecule has 3 rings (SSSR count). The third-order valence-electron chi connectivity index (χ3n) is 5.87. The van der Waals surface area contributed by atoms with Crippen LogP contribution in [0.1, 0.15) is 62.5 Å². The van der Waals surface area contributed by atoms with Crippen molar-refractivity contribution in [2.24, 2.45) is 5.92 Å². The average molecular weight is 425 g/mol. The Morgan fingerprint density at radius 1 is 0.966 bits per heavy atom. The highest BCUT2D eigenvalue weighted by Crippen LogP contribution is 2.40. The van der Waals surface area contributed by atoms with E-state index in [1.807, 2.05) is 19.1 Å². The summed E-state index contributed by atoms with van der Waals surface area (Å²) in [6, 6.07) is 9.33. The van der Waals surface area contributed by atoms with E-state index in [2.05, 4.69) is 12.2 Å². The van der Waals surface area contributed by atoms with Crippen LogP contribution in [-0.2, 0) is 5.38 Å². The molecule has 0 bridgehead atoms. The fourth-order valence-electron chi connectivity index (χ4n) is 4.24. The molecule has 156 valence electrons. The second-order valence-electron chi connectivity index (χ2n) is 7.80. The monoisotopic (exact) mass is 424 g/mol. The molecule has 0 amide bonds. The van der Waals surface area contributed by atoms with Gasteiger partial charge in [0.25, 0.3) is 0 Å². The van der Waals surface area contributed by atoms with Crippen molar-refractivity contribution < 1.29 is 17.6 Å². The van der Waals surface area contributed by atoms with Gasteiger partial charge in [0.05, 0.1) is 0 Å². The maximum Gasteiger partial charge on any atom is 0.353 e. The molecule has 0 spiro atoms. The van der Waals surface area contributed by atoms with Crippen LogP contribution in [0.15, 0.2) is 48.6 Å². The Kier molecular flexibility index (Phi) is 7.05. The van der Waals surface area contributed by atoms with Crippen LogP contribution >= 0.6 is 11.6 Å². The van der Waals surface area contributed by atoms with Gasteiger partial charge in [-0.1, -0.05) is 36.4 Å². The summed E-state index contributed by atoms with van der Waals surface area (Å²) in [5.74, 6) is -1.42. The summed E-state index contributed by atoms with van der Waals surface area (Å²) in [4.78, 5) is 0. The Hall–Kier alpha value is -1.81. The van der Waals surface area contributed by atoms with Gasteiger partial charge in [0.15, 0.2) is 0 Å². The summed E-state index contributed by atoms with van der Waals surface area (Å²) in [5.41, 5.74) is 0.594. The van der Waals surface area contributed by atoms with E-state index in [1.165, 1.54) is 24.8 Å². The molecular weight excluding hydrogens is 400 g/mol. The number of hydrogen-bond donors (Lipinski definition) is 0. The van der Waals surface area contributed by atoms with Crippen molar-refractivity contribution in [3.63, 3.8) is 0 Å². The molecule has 1 saturated carbocycles. The first-order chi connectivity index (χ1) is 13.8. The highest BCUT2D eigenvalue weighted by Gasteiger charge is 2.35. The van der Waals surface area contributed by atoms with Gasteiger partial charge in [-0.15, -0.1) is 0 Å². The molecule has 0 unspecified atom stereocenters. The number of benzene rings is 2. The Balaban J connectivity index is 1.68. The number of halogens is 5. The predicted octanol–water partition coefficient (Wildman–Crippen LogP) is 8.55. The van der Waals surface area contributed by atoms with Crippen LogP contribution in [0.2, 0.25) is 0 Å². The topological polar surface area (TPSA) is 0 Å². The fraction of sp³-hybridized carbons (Fsp3) is 0.417. The molecule has 0 nitrogen and oxygen atoms in total. The van der Waals surface area contributed by atoms with Crippen molar-refractivity contribution in [2.45, 2.75) is 56.7 Å². The van der Waals surface area contributed by atoms with Gasteiger partial charge >= 0.3 is 5.38 Å². The van der Waals surface area contributed by atoms with Crippen LogP contribution in [-0.4, -0.2) is 0 Å². The van der Waals surface area contributed by atoms with Gasteiger partial charge < -0.3 is 0 Å². The first-order valence-electron chi connectivity index (χ1n) is 10.1. The van der Waals surface area contributed by atoms with E-state index in [0.29, 0.717) is 11.5 Å². The van der Waals surface area contributed by atoms with E-state index in [9.17, 15) is 17.6 Å². The summed E-state index contributed by atoms with van der Waals surface area (Å²) in [7, 11) is 0. The SMILES string of the molecule is C/C=C/CCC1CCC(c2ccc(-c3cc(F)c(C(F)(F)Cl)c(F)c3)cc2)CC1. The summed E-state index contributed by atoms with van der Waals surface area (Å²) in [6.45, 7) is 2.05. The van der Waals surface area contributed by atoms with E-state index in [4.69, 9.17) is 11.6 Å². The first kappa shape index (κ1) is 21.9. The van der Waals surface area contributed by atoms with E-state index < -0.39 is 22.6 Å². The quantitative estimate of drug-likeness (QED) is 0.247. The molecule has 1 fully saturated rings. The van der Waals surface area contributed by atoms with Gasteiger partial charge in [-0.05, 0) is 97.7 Å². The predicted molar refractivity (Wildman–Crippen MR) is 110 cm³/mol. The van der Waals surface area contributed by atoms with Gasteiger partial charge in [-0.2, -0.15) is 8.78 Å². The Bertz CT molecular complexity index is 821. The first-order valence-corrected chi connectivity index (χ1v) is 10.4. The minimum atomic E-state index is -4.08. The molecule has 0 saturated heterocycles. The molecule has 1 aliphatic rings. The second-order valence-corrected chi connectivity index (χ2v) is 8.27. The van der Waals surface area contributed by atoms with Crippen LogP contribution < -0.4 is 0 Å². The third-order valence-corrected chi connectivity index (χ3v) is 6.05. The molecule has 0 atom stereocenters. The maximum absolute atomic E-state index is 14.0. The summed E-state index contributed by atoms with van der Waals surface area (Å²) >= 11 is 4.80. The zero-order valence-electron chi connectivity index (χ0n) is 16.4. The Morgan fingerprint density at radius 2 is 1.55 bits per heavy atom. The van der Waals surface area contributed by atoms with Crippen molar-refractivity contribution in [1.82, 2.24) is 0 Å². The number of alkyl halides is 3. The molecule has 1 aliphatic carbocycles. The molecule has 2 aromatic carbocycles. The smallest absolute Gasteiger partial charge is 0.206 e. The van der Waals surface area contributed by atoms with Crippen molar-refractivity contribution in [1.29, 1.82) is 0 Å². The largest absolute Gasteiger partial charge is 0.353 e. The normalized spacial score (nSPS) is 20.3. The van der Waals surface area contributed by atoms with Gasteiger partial charge in [-0.25, -0.2) is 8.78 Å². The zero-order chi connectivity index (χ0) is 21.0. The molecule has 0 N–H and O–H groups in total. The Labute approximate surface area is 174 Å². The van der Waals surface area contributed by atoms with Crippen LogP contribution in [0, 0.1) is 17.6 Å². The lowest BCUT2D eigenvalue weighted by molar-refractivity contribution is 0.0859. The van der Waals surface area contributed by atoms with Crippen LogP contribution in [0.25, 0.3) is 11.1 Å². The fourth-order valence-corrected chi connectivity index (χ4v) is 4.42. The van der Waals surface area contributed by atoms with Gasteiger partial charge in [0.1, 0.15) is 17.2 Å². The lowest BCUT2D eigenvalue weighted by atomic mass is 9.77. The Morgan fingerprint density at radius 3 is 2.07 bits per heavy atom. The molecule has 0 aliphatic heterocycles. The minimum Gasteiger partial charge on any atom is -0.206 e. The van der Waals surface area contributed by atoms with Crippen LogP contribution in [0.4, 0.5) is 17.6 Å². The molecule has 29 heavy (non-hydrogen) atoms. The number of rotatable bonds is 6. The van der Waals surface area contributed by atoms with Crippen LogP contribution in [0.5, 0.6) is 0 Å². The summed E-state index contributed by atoms with van der Waals surface area (Å²) in [5, 5.41) is -4.08. The van der Waals surface area contributed by atoms with Crippen molar-refractivity contribution in [3.05, 3.63) is 71.3 Å². The van der Waals surface area contributed by atoms with E-state index in [0.717, 1.165) is 37.3 Å². The van der Waals surface area contributed by atoms with Gasteiger partial charge in [0.2, 0.25) is 0 Å². The van der Waals surface area contributed by atoms with Gasteiger partial charge in [0, 0.05) is 0 Å². The average Bonchev–Trinajstić information content (AvgIpc) is 2.67. The standard InChI is InChI=1S/C24H25ClF4/c1-2-3-4-5-16-6-8-17(9-7-16)18-10-12-19(13-11-18)20-14-21(26)23(22(27)15-20)24(25,28)29/h2-3,10-17H,4-9H2,1H3/b3-2+. The zero-order valence-corrected chi connectivity index (χ0v) is 17.2. The molecule has 0 radical (unpaired) electrons. The maximum atomic E-state index is 14.0. The molecular formula is C24H25ClF4. The third kappa shape index (κ3) is 5.42. The molecule has 2 aromatic rings. The number of allylic oxidation sites excluding steroid dienone is 2. The van der Waals surface area contributed by atoms with E-state index >= 15 is 0 Å². The molecule has 5 heteroatoms. The number of hydrogen-bond acceptors (Lipinski definition) is 0. The minimum absolute atomic E-state index is 0.212. The summed E-state index contributed by atoms with van der Waals surface area (Å²) < 4.78 is 54.3. The molecule has 0 aromatic heterocycles. The van der Waals surface area contributed by atoms with Crippen molar-refractivity contribution >= 4 is 11.6 Å². The van der Waals surface area contributed by atoms with Crippen molar-refractivity contribution in [3.8, 4) is 11.1 Å².